The van der Waals surface area contributed by atoms with Gasteiger partial charge < -0.3 is 15.3 Å². The Morgan fingerprint density at radius 3 is 2.73 bits per heavy atom. The molecule has 0 saturated heterocycles. The van der Waals surface area contributed by atoms with Gasteiger partial charge in [0.2, 0.25) is 5.91 Å². The predicted molar refractivity (Wildman–Crippen MR) is 119 cm³/mol. The van der Waals surface area contributed by atoms with Crippen molar-refractivity contribution in [1.29, 1.82) is 0 Å². The van der Waals surface area contributed by atoms with Gasteiger partial charge in [0.05, 0.1) is 23.3 Å². The van der Waals surface area contributed by atoms with Crippen LogP contribution in [0.3, 0.4) is 0 Å². The van der Waals surface area contributed by atoms with E-state index < -0.39 is 0 Å². The molecule has 0 radical (unpaired) electrons. The van der Waals surface area contributed by atoms with Gasteiger partial charge in [0.1, 0.15) is 0 Å². The molecule has 2 aromatic carbocycles. The first-order valence-corrected chi connectivity index (χ1v) is 9.77. The Balaban J connectivity index is 1.50. The summed E-state index contributed by atoms with van der Waals surface area (Å²) in [6, 6.07) is 12.8. The van der Waals surface area contributed by atoms with Gasteiger partial charge in [-0.2, -0.15) is 5.10 Å². The molecule has 7 nitrogen and oxygen atoms in total. The number of hydrogen-bond acceptors (Lipinski definition) is 3. The summed E-state index contributed by atoms with van der Waals surface area (Å²) in [5, 5.41) is 8.08. The lowest BCUT2D eigenvalue weighted by Gasteiger charge is -2.06. The van der Waals surface area contributed by atoms with Crippen molar-refractivity contribution in [3.63, 3.8) is 0 Å². The van der Waals surface area contributed by atoms with E-state index in [1.807, 2.05) is 42.8 Å². The number of anilines is 1. The first kappa shape index (κ1) is 19.7. The summed E-state index contributed by atoms with van der Waals surface area (Å²) in [5.41, 5.74) is 5.28. The average Bonchev–Trinajstić information content (AvgIpc) is 3.20. The maximum absolute atomic E-state index is 12.4. The van der Waals surface area contributed by atoms with E-state index in [-0.39, 0.29) is 11.6 Å². The van der Waals surface area contributed by atoms with Crippen molar-refractivity contribution in [3.05, 3.63) is 86.6 Å². The van der Waals surface area contributed by atoms with Crippen LogP contribution in [0.1, 0.15) is 22.5 Å². The van der Waals surface area contributed by atoms with Gasteiger partial charge in [-0.1, -0.05) is 29.8 Å². The Morgan fingerprint density at radius 1 is 1.17 bits per heavy atom. The summed E-state index contributed by atoms with van der Waals surface area (Å²) in [6.07, 6.45) is 3.23. The highest BCUT2D eigenvalue weighted by atomic mass is 35.5. The van der Waals surface area contributed by atoms with Crippen LogP contribution in [-0.2, 0) is 11.3 Å². The second kappa shape index (κ2) is 8.04. The molecule has 4 rings (SSSR count). The summed E-state index contributed by atoms with van der Waals surface area (Å²) in [7, 11) is 0. The third-order valence-corrected chi connectivity index (χ3v) is 5.27. The van der Waals surface area contributed by atoms with Crippen molar-refractivity contribution in [2.24, 2.45) is 0 Å². The van der Waals surface area contributed by atoms with Crippen molar-refractivity contribution in [1.82, 2.24) is 19.7 Å². The van der Waals surface area contributed by atoms with Crippen molar-refractivity contribution < 1.29 is 4.79 Å². The third kappa shape index (κ3) is 4.06. The van der Waals surface area contributed by atoms with Crippen molar-refractivity contribution in [3.8, 4) is 0 Å². The zero-order chi connectivity index (χ0) is 21.3. The van der Waals surface area contributed by atoms with Gasteiger partial charge in [0.25, 0.3) is 0 Å². The number of aromatic amines is 2. The number of aromatic nitrogens is 4. The van der Waals surface area contributed by atoms with Crippen LogP contribution in [0.25, 0.3) is 17.1 Å². The molecule has 0 bridgehead atoms. The molecule has 0 aliphatic carbocycles. The molecule has 0 saturated carbocycles. The Labute approximate surface area is 177 Å². The number of benzene rings is 2. The molecule has 4 aromatic rings. The number of hydrogen-bond donors (Lipinski definition) is 3. The molecule has 152 valence electrons. The highest BCUT2D eigenvalue weighted by molar-refractivity contribution is 6.31. The Hall–Kier alpha value is -3.58. The second-order valence-electron chi connectivity index (χ2n) is 7.00. The van der Waals surface area contributed by atoms with Crippen LogP contribution in [0.4, 0.5) is 5.69 Å². The number of amides is 1. The van der Waals surface area contributed by atoms with Crippen LogP contribution in [0.15, 0.2) is 53.3 Å². The molecule has 2 aromatic heterocycles. The van der Waals surface area contributed by atoms with Crippen molar-refractivity contribution in [2.75, 3.05) is 5.32 Å². The zero-order valence-electron chi connectivity index (χ0n) is 16.5. The summed E-state index contributed by atoms with van der Waals surface area (Å²) in [4.78, 5) is 29.1. The number of carbonyl (C=O) groups is 1. The number of nitrogens with zero attached hydrogens (tertiary/aromatic N) is 2. The zero-order valence-corrected chi connectivity index (χ0v) is 17.2. The lowest BCUT2D eigenvalue weighted by molar-refractivity contribution is -0.111. The van der Waals surface area contributed by atoms with Gasteiger partial charge >= 0.3 is 5.69 Å². The number of nitrogens with one attached hydrogen (secondary N) is 3. The molecular weight excluding hydrogens is 402 g/mol. The number of fused-ring (bicyclic) bond motifs is 1. The maximum atomic E-state index is 12.4. The smallest absolute Gasteiger partial charge is 0.322 e. The van der Waals surface area contributed by atoms with E-state index in [0.717, 1.165) is 22.5 Å². The highest BCUT2D eigenvalue weighted by Gasteiger charge is 2.11. The Morgan fingerprint density at radius 2 is 1.93 bits per heavy atom. The number of imidazole rings is 1. The number of carbonyl (C=O) groups excluding carboxylic acids is 1. The largest absolute Gasteiger partial charge is 0.323 e. The van der Waals surface area contributed by atoms with Crippen molar-refractivity contribution >= 4 is 40.3 Å². The minimum absolute atomic E-state index is 0.273. The fourth-order valence-corrected chi connectivity index (χ4v) is 3.54. The lowest BCUT2D eigenvalue weighted by atomic mass is 10.1. The number of rotatable bonds is 5. The van der Waals surface area contributed by atoms with Crippen LogP contribution in [0, 0.1) is 13.8 Å². The van der Waals surface area contributed by atoms with Crippen LogP contribution in [-0.4, -0.2) is 25.7 Å². The fraction of sp³-hybridized carbons (Fsp3) is 0.136. The van der Waals surface area contributed by atoms with E-state index in [0.29, 0.717) is 28.3 Å². The predicted octanol–water partition coefficient (Wildman–Crippen LogP) is 4.02. The normalized spacial score (nSPS) is 11.4. The number of H-pyrrole nitrogens is 2. The number of aryl methyl sites for hydroxylation is 1. The van der Waals surface area contributed by atoms with Crippen LogP contribution in [0.5, 0.6) is 0 Å². The molecule has 8 heteroatoms. The third-order valence-electron chi connectivity index (χ3n) is 4.90. The number of halogens is 1. The van der Waals surface area contributed by atoms with Gasteiger partial charge in [0, 0.05) is 28.0 Å². The molecule has 1 amide bonds. The molecule has 2 heterocycles. The fourth-order valence-electron chi connectivity index (χ4n) is 3.35. The molecule has 30 heavy (non-hydrogen) atoms. The summed E-state index contributed by atoms with van der Waals surface area (Å²) in [5.74, 6) is -0.273. The molecule has 0 unspecified atom stereocenters. The first-order chi connectivity index (χ1) is 14.4. The summed E-state index contributed by atoms with van der Waals surface area (Å²) in [6.45, 7) is 4.43. The average molecular weight is 422 g/mol. The summed E-state index contributed by atoms with van der Waals surface area (Å²) >= 11 is 6.26. The molecule has 0 atom stereocenters. The van der Waals surface area contributed by atoms with Gasteiger partial charge in [0.15, 0.2) is 0 Å². The van der Waals surface area contributed by atoms with Crippen LogP contribution in [0.2, 0.25) is 5.02 Å². The molecule has 0 spiro atoms. The Kier molecular flexibility index (Phi) is 5.29. The van der Waals surface area contributed by atoms with E-state index in [1.54, 1.807) is 24.3 Å². The van der Waals surface area contributed by atoms with Crippen LogP contribution >= 0.6 is 11.6 Å². The molecule has 0 fully saturated rings. The first-order valence-electron chi connectivity index (χ1n) is 9.39. The standard InChI is InChI=1S/C22H20ClN5O2/c1-13-17(14(2)28(27-13)12-15-5-3-4-6-18(15)23)8-10-21(29)24-16-7-9-19-20(11-16)26-22(30)25-19/h3-11H,12H2,1-2H3,(H,24,29)(H2,25,26,30)/b10-8+. The minimum atomic E-state index is -0.284. The monoisotopic (exact) mass is 421 g/mol. The molecular formula is C22H20ClN5O2. The molecule has 3 N–H and O–H groups in total. The maximum Gasteiger partial charge on any atom is 0.323 e. The Bertz CT molecular complexity index is 1330. The van der Waals surface area contributed by atoms with Crippen molar-refractivity contribution in [2.45, 2.75) is 20.4 Å². The van der Waals surface area contributed by atoms with E-state index >= 15 is 0 Å². The molecule has 0 aliphatic heterocycles. The molecule has 0 aliphatic rings. The SMILES string of the molecule is Cc1nn(Cc2ccccc2Cl)c(C)c1/C=C/C(=O)Nc1ccc2[nH]c(=O)[nH]c2c1. The van der Waals surface area contributed by atoms with Gasteiger partial charge in [-0.15, -0.1) is 0 Å². The van der Waals surface area contributed by atoms with Gasteiger partial charge in [-0.3, -0.25) is 9.48 Å². The second-order valence-corrected chi connectivity index (χ2v) is 7.40. The van der Waals surface area contributed by atoms with E-state index in [1.165, 1.54) is 6.08 Å². The summed E-state index contributed by atoms with van der Waals surface area (Å²) < 4.78 is 1.88. The minimum Gasteiger partial charge on any atom is -0.322 e. The van der Waals surface area contributed by atoms with E-state index in [2.05, 4.69) is 20.4 Å². The quantitative estimate of drug-likeness (QED) is 0.424. The van der Waals surface area contributed by atoms with Crippen LogP contribution < -0.4 is 11.0 Å². The lowest BCUT2D eigenvalue weighted by Crippen LogP contribution is -2.07. The van der Waals surface area contributed by atoms with E-state index in [9.17, 15) is 9.59 Å². The van der Waals surface area contributed by atoms with E-state index in [4.69, 9.17) is 11.6 Å². The van der Waals surface area contributed by atoms with Gasteiger partial charge in [-0.25, -0.2) is 4.79 Å². The topological polar surface area (TPSA) is 95.6 Å². The highest BCUT2D eigenvalue weighted by Crippen LogP contribution is 2.20. The van der Waals surface area contributed by atoms with Gasteiger partial charge in [-0.05, 0) is 49.8 Å².